The van der Waals surface area contributed by atoms with Crippen molar-refractivity contribution in [3.63, 3.8) is 0 Å². The van der Waals surface area contributed by atoms with Crippen molar-refractivity contribution < 1.29 is 18.3 Å². The lowest BCUT2D eigenvalue weighted by molar-refractivity contribution is -0.142. The van der Waals surface area contributed by atoms with Crippen LogP contribution in [0.4, 0.5) is 0 Å². The molecule has 1 N–H and O–H groups in total. The van der Waals surface area contributed by atoms with Gasteiger partial charge < -0.3 is 5.11 Å². The van der Waals surface area contributed by atoms with Crippen molar-refractivity contribution in [2.75, 3.05) is 18.6 Å². The van der Waals surface area contributed by atoms with E-state index in [0.717, 1.165) is 20.3 Å². The summed E-state index contributed by atoms with van der Waals surface area (Å²) < 4.78 is 26.9. The zero-order chi connectivity index (χ0) is 20.5. The SMILES string of the molecule is CSc1ccccc1-c1ccc(S(=O)(=O)N2CCSC(C)(C)[C@@H]2C(=O)O)cc1. The molecule has 150 valence electrons. The summed E-state index contributed by atoms with van der Waals surface area (Å²) >= 11 is 3.12. The number of carboxylic acid groups (broad SMARTS) is 1. The Kier molecular flexibility index (Phi) is 6.14. The molecule has 0 unspecified atom stereocenters. The first-order valence-electron chi connectivity index (χ1n) is 8.80. The Labute approximate surface area is 174 Å². The molecule has 3 rings (SSSR count). The van der Waals surface area contributed by atoms with Crippen LogP contribution in [0.25, 0.3) is 11.1 Å². The van der Waals surface area contributed by atoms with Gasteiger partial charge in [-0.25, -0.2) is 8.42 Å². The Morgan fingerprint density at radius 3 is 2.43 bits per heavy atom. The van der Waals surface area contributed by atoms with Crippen LogP contribution in [0.3, 0.4) is 0 Å². The highest BCUT2D eigenvalue weighted by Crippen LogP contribution is 2.38. The van der Waals surface area contributed by atoms with Crippen LogP contribution in [-0.2, 0) is 14.8 Å². The molecule has 28 heavy (non-hydrogen) atoms. The number of carbonyl (C=O) groups is 1. The number of aliphatic carboxylic acids is 1. The van der Waals surface area contributed by atoms with E-state index in [4.69, 9.17) is 0 Å². The Bertz CT molecular complexity index is 971. The van der Waals surface area contributed by atoms with Crippen molar-refractivity contribution in [2.24, 2.45) is 0 Å². The third-order valence-corrected chi connectivity index (χ3v) is 8.87. The van der Waals surface area contributed by atoms with Gasteiger partial charge in [0.1, 0.15) is 6.04 Å². The molecule has 0 radical (unpaired) electrons. The van der Waals surface area contributed by atoms with E-state index in [9.17, 15) is 18.3 Å². The van der Waals surface area contributed by atoms with Crippen LogP contribution in [-0.4, -0.2) is 53.1 Å². The first-order valence-corrected chi connectivity index (χ1v) is 12.5. The van der Waals surface area contributed by atoms with E-state index in [0.29, 0.717) is 5.75 Å². The molecule has 1 saturated heterocycles. The molecule has 0 aliphatic carbocycles. The maximum atomic E-state index is 13.2. The molecule has 0 spiro atoms. The molecule has 1 fully saturated rings. The topological polar surface area (TPSA) is 74.7 Å². The minimum absolute atomic E-state index is 0.117. The predicted octanol–water partition coefficient (Wildman–Crippen LogP) is 4.04. The molecule has 1 aliphatic rings. The van der Waals surface area contributed by atoms with Gasteiger partial charge >= 0.3 is 5.97 Å². The molecule has 1 heterocycles. The Balaban J connectivity index is 1.97. The van der Waals surface area contributed by atoms with E-state index >= 15 is 0 Å². The lowest BCUT2D eigenvalue weighted by Crippen LogP contribution is -2.58. The lowest BCUT2D eigenvalue weighted by Gasteiger charge is -2.42. The van der Waals surface area contributed by atoms with Gasteiger partial charge in [0.25, 0.3) is 0 Å². The number of benzene rings is 2. The van der Waals surface area contributed by atoms with E-state index in [1.54, 1.807) is 49.9 Å². The maximum Gasteiger partial charge on any atom is 0.323 e. The largest absolute Gasteiger partial charge is 0.480 e. The third-order valence-electron chi connectivity index (χ3n) is 4.85. The van der Waals surface area contributed by atoms with Gasteiger partial charge in [-0.1, -0.05) is 30.3 Å². The third kappa shape index (κ3) is 3.96. The van der Waals surface area contributed by atoms with E-state index in [2.05, 4.69) is 0 Å². The number of rotatable bonds is 5. The molecule has 1 atom stereocenters. The summed E-state index contributed by atoms with van der Waals surface area (Å²) in [4.78, 5) is 13.1. The monoisotopic (exact) mass is 437 g/mol. The normalized spacial score (nSPS) is 20.0. The minimum Gasteiger partial charge on any atom is -0.480 e. The predicted molar refractivity (Wildman–Crippen MR) is 116 cm³/mol. The van der Waals surface area contributed by atoms with E-state index < -0.39 is 26.8 Å². The number of thioether (sulfide) groups is 2. The van der Waals surface area contributed by atoms with Gasteiger partial charge in [-0.3, -0.25) is 4.79 Å². The molecule has 8 heteroatoms. The minimum atomic E-state index is -3.91. The van der Waals surface area contributed by atoms with Crippen LogP contribution in [0, 0.1) is 0 Å². The van der Waals surface area contributed by atoms with Crippen molar-refractivity contribution in [1.29, 1.82) is 0 Å². The van der Waals surface area contributed by atoms with Gasteiger partial charge in [0.2, 0.25) is 10.0 Å². The summed E-state index contributed by atoms with van der Waals surface area (Å²) in [7, 11) is -3.91. The van der Waals surface area contributed by atoms with Gasteiger partial charge in [-0.15, -0.1) is 11.8 Å². The van der Waals surface area contributed by atoms with Gasteiger partial charge in [0.05, 0.1) is 4.90 Å². The summed E-state index contributed by atoms with van der Waals surface area (Å²) in [6, 6.07) is 13.5. The second-order valence-electron chi connectivity index (χ2n) is 7.03. The highest BCUT2D eigenvalue weighted by Gasteiger charge is 2.48. The maximum absolute atomic E-state index is 13.2. The van der Waals surface area contributed by atoms with Crippen LogP contribution in [0.15, 0.2) is 58.3 Å². The van der Waals surface area contributed by atoms with Crippen LogP contribution in [0.5, 0.6) is 0 Å². The second kappa shape index (κ2) is 8.10. The fourth-order valence-corrected chi connectivity index (χ4v) is 7.17. The van der Waals surface area contributed by atoms with Crippen molar-refractivity contribution in [3.05, 3.63) is 48.5 Å². The zero-order valence-electron chi connectivity index (χ0n) is 16.0. The van der Waals surface area contributed by atoms with E-state index in [1.807, 2.05) is 30.5 Å². The first-order chi connectivity index (χ1) is 13.2. The Morgan fingerprint density at radius 1 is 1.18 bits per heavy atom. The molecule has 2 aromatic rings. The van der Waals surface area contributed by atoms with Crippen molar-refractivity contribution in [1.82, 2.24) is 4.31 Å². The molecule has 1 aliphatic heterocycles. The Hall–Kier alpha value is -1.48. The smallest absolute Gasteiger partial charge is 0.323 e. The quantitative estimate of drug-likeness (QED) is 0.712. The molecule has 0 aromatic heterocycles. The van der Waals surface area contributed by atoms with Crippen LogP contribution in [0.1, 0.15) is 13.8 Å². The molecule has 0 saturated carbocycles. The fourth-order valence-electron chi connectivity index (χ4n) is 3.46. The van der Waals surface area contributed by atoms with Gasteiger partial charge in [0, 0.05) is 21.9 Å². The summed E-state index contributed by atoms with van der Waals surface area (Å²) in [6.07, 6.45) is 2.00. The number of nitrogens with zero attached hydrogens (tertiary/aromatic N) is 1. The zero-order valence-corrected chi connectivity index (χ0v) is 18.4. The molecule has 2 aromatic carbocycles. The summed E-state index contributed by atoms with van der Waals surface area (Å²) in [5, 5.41) is 9.68. The fraction of sp³-hybridized carbons (Fsp3) is 0.350. The van der Waals surface area contributed by atoms with E-state index in [-0.39, 0.29) is 11.4 Å². The number of hydrogen-bond acceptors (Lipinski definition) is 5. The number of hydrogen-bond donors (Lipinski definition) is 1. The summed E-state index contributed by atoms with van der Waals surface area (Å²) in [5.41, 5.74) is 1.96. The number of carboxylic acids is 1. The van der Waals surface area contributed by atoms with Gasteiger partial charge in [-0.05, 0) is 49.4 Å². The summed E-state index contributed by atoms with van der Waals surface area (Å²) in [5.74, 6) is -0.554. The first kappa shape index (κ1) is 21.2. The van der Waals surface area contributed by atoms with Crippen LogP contribution < -0.4 is 0 Å². The van der Waals surface area contributed by atoms with Crippen molar-refractivity contribution in [3.8, 4) is 11.1 Å². The molecule has 0 amide bonds. The van der Waals surface area contributed by atoms with Crippen LogP contribution >= 0.6 is 23.5 Å². The summed E-state index contributed by atoms with van der Waals surface area (Å²) in [6.45, 7) is 3.74. The molecular weight excluding hydrogens is 414 g/mol. The van der Waals surface area contributed by atoms with Gasteiger partial charge in [-0.2, -0.15) is 16.1 Å². The highest BCUT2D eigenvalue weighted by atomic mass is 32.2. The van der Waals surface area contributed by atoms with Gasteiger partial charge in [0.15, 0.2) is 0 Å². The lowest BCUT2D eigenvalue weighted by atomic mass is 10.0. The Morgan fingerprint density at radius 2 is 1.82 bits per heavy atom. The molecular formula is C20H23NO4S3. The average molecular weight is 438 g/mol. The second-order valence-corrected chi connectivity index (χ2v) is 11.5. The molecule has 5 nitrogen and oxygen atoms in total. The average Bonchev–Trinajstić information content (AvgIpc) is 2.66. The number of sulfonamides is 1. The van der Waals surface area contributed by atoms with E-state index in [1.165, 1.54) is 11.8 Å². The van der Waals surface area contributed by atoms with Crippen LogP contribution in [0.2, 0.25) is 0 Å². The van der Waals surface area contributed by atoms with Crippen molar-refractivity contribution in [2.45, 2.75) is 34.4 Å². The molecule has 0 bridgehead atoms. The highest BCUT2D eigenvalue weighted by molar-refractivity contribution is 8.01. The standard InChI is InChI=1S/C20H23NO4S3/c1-20(2)18(19(22)23)21(12-13-27-20)28(24,25)15-10-8-14(9-11-15)16-6-4-5-7-17(16)26-3/h4-11,18H,12-13H2,1-3H3,(H,22,23)/t18-/m0/s1. The van der Waals surface area contributed by atoms with Crippen molar-refractivity contribution >= 4 is 39.5 Å².